The van der Waals surface area contributed by atoms with E-state index in [4.69, 9.17) is 4.74 Å². The Balaban J connectivity index is 1.58. The van der Waals surface area contributed by atoms with E-state index in [1.165, 1.54) is 11.1 Å². The molecule has 5 heteroatoms. The molecule has 1 heterocycles. The molecule has 142 valence electrons. The number of ether oxygens (including phenoxy) is 1. The van der Waals surface area contributed by atoms with Crippen LogP contribution in [0.4, 0.5) is 5.69 Å². The second-order valence-electron chi connectivity index (χ2n) is 6.82. The lowest BCUT2D eigenvalue weighted by atomic mass is 9.99. The molecule has 2 amide bonds. The van der Waals surface area contributed by atoms with Crippen molar-refractivity contribution < 1.29 is 14.3 Å². The first-order valence-corrected chi connectivity index (χ1v) is 9.46. The lowest BCUT2D eigenvalue weighted by molar-refractivity contribution is -0.134. The summed E-state index contributed by atoms with van der Waals surface area (Å²) in [6, 6.07) is 15.5. The van der Waals surface area contributed by atoms with E-state index in [9.17, 15) is 9.59 Å². The minimum atomic E-state index is -0.0323. The first-order chi connectivity index (χ1) is 13.1. The molecule has 27 heavy (non-hydrogen) atoms. The second kappa shape index (κ2) is 8.71. The number of nitrogens with zero attached hydrogens (tertiary/aromatic N) is 1. The first-order valence-electron chi connectivity index (χ1n) is 9.46. The van der Waals surface area contributed by atoms with Gasteiger partial charge in [-0.2, -0.15) is 0 Å². The maximum atomic E-state index is 12.7. The summed E-state index contributed by atoms with van der Waals surface area (Å²) in [6.07, 6.45) is 2.43. The van der Waals surface area contributed by atoms with Crippen LogP contribution in [0.3, 0.4) is 0 Å². The van der Waals surface area contributed by atoms with E-state index in [0.717, 1.165) is 25.1 Å². The molecule has 1 N–H and O–H groups in total. The molecule has 1 saturated heterocycles. The fraction of sp³-hybridized carbons (Fsp3) is 0.364. The van der Waals surface area contributed by atoms with Gasteiger partial charge in [0.2, 0.25) is 5.91 Å². The van der Waals surface area contributed by atoms with Gasteiger partial charge in [0.15, 0.2) is 6.61 Å². The first kappa shape index (κ1) is 19.0. The Morgan fingerprint density at radius 1 is 1.15 bits per heavy atom. The third kappa shape index (κ3) is 4.67. The Hall–Kier alpha value is -2.82. The predicted molar refractivity (Wildman–Crippen MR) is 106 cm³/mol. The van der Waals surface area contributed by atoms with Gasteiger partial charge in [-0.05, 0) is 55.2 Å². The SMILES string of the molecule is CCC(=O)Nc1ccc(OCC(=O)N2CCCC2c2ccccc2C)cc1. The van der Waals surface area contributed by atoms with E-state index >= 15 is 0 Å². The van der Waals surface area contributed by atoms with Crippen LogP contribution in [-0.4, -0.2) is 29.9 Å². The summed E-state index contributed by atoms with van der Waals surface area (Å²) in [5.74, 6) is 0.587. The summed E-state index contributed by atoms with van der Waals surface area (Å²) < 4.78 is 5.68. The van der Waals surface area contributed by atoms with Crippen molar-refractivity contribution in [3.05, 3.63) is 59.7 Å². The Morgan fingerprint density at radius 2 is 1.89 bits per heavy atom. The largest absolute Gasteiger partial charge is 0.484 e. The highest BCUT2D eigenvalue weighted by molar-refractivity contribution is 5.90. The molecule has 0 aromatic heterocycles. The molecule has 0 saturated carbocycles. The molecule has 1 unspecified atom stereocenters. The van der Waals surface area contributed by atoms with Crippen LogP contribution in [0.5, 0.6) is 5.75 Å². The molecule has 2 aromatic rings. The number of carbonyl (C=O) groups excluding carboxylic acids is 2. The maximum Gasteiger partial charge on any atom is 0.261 e. The molecule has 1 aliphatic heterocycles. The summed E-state index contributed by atoms with van der Waals surface area (Å²) in [4.78, 5) is 26.0. The van der Waals surface area contributed by atoms with Crippen molar-refractivity contribution in [3.8, 4) is 5.75 Å². The summed E-state index contributed by atoms with van der Waals surface area (Å²) in [5, 5.41) is 2.79. The Labute approximate surface area is 160 Å². The molecule has 0 spiro atoms. The Morgan fingerprint density at radius 3 is 2.59 bits per heavy atom. The topological polar surface area (TPSA) is 58.6 Å². The second-order valence-corrected chi connectivity index (χ2v) is 6.82. The third-order valence-corrected chi connectivity index (χ3v) is 4.94. The van der Waals surface area contributed by atoms with Crippen molar-refractivity contribution in [2.24, 2.45) is 0 Å². The van der Waals surface area contributed by atoms with Crippen LogP contribution < -0.4 is 10.1 Å². The number of benzene rings is 2. The van der Waals surface area contributed by atoms with Gasteiger partial charge >= 0.3 is 0 Å². The molecule has 2 aromatic carbocycles. The van der Waals surface area contributed by atoms with Gasteiger partial charge in [0, 0.05) is 18.7 Å². The van der Waals surface area contributed by atoms with Crippen LogP contribution in [0, 0.1) is 6.92 Å². The van der Waals surface area contributed by atoms with Crippen molar-refractivity contribution in [3.63, 3.8) is 0 Å². The average Bonchev–Trinajstić information content (AvgIpc) is 3.17. The number of rotatable bonds is 6. The normalized spacial score (nSPS) is 16.2. The zero-order valence-electron chi connectivity index (χ0n) is 15.9. The average molecular weight is 366 g/mol. The van der Waals surface area contributed by atoms with Crippen molar-refractivity contribution in [2.75, 3.05) is 18.5 Å². The predicted octanol–water partition coefficient (Wildman–Crippen LogP) is 4.09. The molecule has 3 rings (SSSR count). The molecular weight excluding hydrogens is 340 g/mol. The molecule has 1 atom stereocenters. The highest BCUT2D eigenvalue weighted by atomic mass is 16.5. The number of hydrogen-bond donors (Lipinski definition) is 1. The highest BCUT2D eigenvalue weighted by Gasteiger charge is 2.30. The lowest BCUT2D eigenvalue weighted by Crippen LogP contribution is -2.34. The monoisotopic (exact) mass is 366 g/mol. The van der Waals surface area contributed by atoms with Crippen molar-refractivity contribution >= 4 is 17.5 Å². The fourth-order valence-electron chi connectivity index (χ4n) is 3.46. The summed E-state index contributed by atoms with van der Waals surface area (Å²) >= 11 is 0. The minimum absolute atomic E-state index is 0.00381. The van der Waals surface area contributed by atoms with Crippen molar-refractivity contribution in [1.82, 2.24) is 4.90 Å². The standard InChI is InChI=1S/C22H26N2O3/c1-3-21(25)23-17-10-12-18(13-11-17)27-15-22(26)24-14-6-9-20(24)19-8-5-4-7-16(19)2/h4-5,7-8,10-13,20H,3,6,9,14-15H2,1-2H3,(H,23,25). The zero-order valence-corrected chi connectivity index (χ0v) is 15.9. The molecule has 0 radical (unpaired) electrons. The number of amides is 2. The molecule has 0 bridgehead atoms. The van der Waals surface area contributed by atoms with Gasteiger partial charge in [0.05, 0.1) is 6.04 Å². The van der Waals surface area contributed by atoms with Crippen LogP contribution in [0.2, 0.25) is 0 Å². The van der Waals surface area contributed by atoms with Gasteiger partial charge in [-0.1, -0.05) is 31.2 Å². The Kier molecular flexibility index (Phi) is 6.12. The summed E-state index contributed by atoms with van der Waals surface area (Å²) in [6.45, 7) is 4.68. The summed E-state index contributed by atoms with van der Waals surface area (Å²) in [7, 11) is 0. The van der Waals surface area contributed by atoms with E-state index in [1.54, 1.807) is 31.2 Å². The van der Waals surface area contributed by atoms with Crippen LogP contribution in [0.25, 0.3) is 0 Å². The van der Waals surface area contributed by atoms with Crippen molar-refractivity contribution in [1.29, 1.82) is 0 Å². The van der Waals surface area contributed by atoms with E-state index in [0.29, 0.717) is 12.2 Å². The van der Waals surface area contributed by atoms with E-state index in [2.05, 4.69) is 24.4 Å². The Bertz CT molecular complexity index is 801. The zero-order chi connectivity index (χ0) is 19.2. The third-order valence-electron chi connectivity index (χ3n) is 4.94. The fourth-order valence-corrected chi connectivity index (χ4v) is 3.46. The molecule has 1 fully saturated rings. The van der Waals surface area contributed by atoms with E-state index in [-0.39, 0.29) is 24.5 Å². The molecule has 1 aliphatic rings. The number of carbonyl (C=O) groups is 2. The number of aryl methyl sites for hydroxylation is 1. The van der Waals surface area contributed by atoms with Gasteiger partial charge < -0.3 is 15.0 Å². The molecule has 0 aliphatic carbocycles. The maximum absolute atomic E-state index is 12.7. The lowest BCUT2D eigenvalue weighted by Gasteiger charge is -2.26. The smallest absolute Gasteiger partial charge is 0.261 e. The van der Waals surface area contributed by atoms with Gasteiger partial charge in [-0.3, -0.25) is 9.59 Å². The van der Waals surface area contributed by atoms with Crippen LogP contribution in [0.1, 0.15) is 43.4 Å². The number of likely N-dealkylation sites (tertiary alicyclic amines) is 1. The minimum Gasteiger partial charge on any atom is -0.484 e. The van der Waals surface area contributed by atoms with Gasteiger partial charge in [-0.25, -0.2) is 0 Å². The van der Waals surface area contributed by atoms with Crippen LogP contribution >= 0.6 is 0 Å². The molecule has 5 nitrogen and oxygen atoms in total. The number of anilines is 1. The van der Waals surface area contributed by atoms with E-state index < -0.39 is 0 Å². The van der Waals surface area contributed by atoms with Gasteiger partial charge in [-0.15, -0.1) is 0 Å². The van der Waals surface area contributed by atoms with Gasteiger partial charge in [0.1, 0.15) is 5.75 Å². The highest BCUT2D eigenvalue weighted by Crippen LogP contribution is 2.33. The van der Waals surface area contributed by atoms with Crippen LogP contribution in [-0.2, 0) is 9.59 Å². The van der Waals surface area contributed by atoms with Crippen molar-refractivity contribution in [2.45, 2.75) is 39.2 Å². The summed E-state index contributed by atoms with van der Waals surface area (Å²) in [5.41, 5.74) is 3.16. The quantitative estimate of drug-likeness (QED) is 0.838. The number of nitrogens with one attached hydrogen (secondary N) is 1. The molecular formula is C22H26N2O3. The number of hydrogen-bond acceptors (Lipinski definition) is 3. The van der Waals surface area contributed by atoms with Gasteiger partial charge in [0.25, 0.3) is 5.91 Å². The van der Waals surface area contributed by atoms with Crippen LogP contribution in [0.15, 0.2) is 48.5 Å². The van der Waals surface area contributed by atoms with E-state index in [1.807, 2.05) is 17.0 Å².